The summed E-state index contributed by atoms with van der Waals surface area (Å²) in [5.41, 5.74) is 1.61. The monoisotopic (exact) mass is 376 g/mol. The number of carbonyl (C=O) groups is 2. The minimum atomic E-state index is -0.780. The Morgan fingerprint density at radius 2 is 1.88 bits per heavy atom. The second-order valence-electron chi connectivity index (χ2n) is 6.20. The fraction of sp³-hybridized carbons (Fsp3) is 0.368. The Labute approximate surface area is 155 Å². The number of carbonyl (C=O) groups excluding carboxylic acids is 2. The van der Waals surface area contributed by atoms with Crippen LogP contribution in [0.15, 0.2) is 24.3 Å². The topological polar surface area (TPSA) is 67.4 Å². The van der Waals surface area contributed by atoms with Gasteiger partial charge in [0.1, 0.15) is 16.6 Å². The smallest absolute Gasteiger partial charge is 0.265 e. The molecule has 0 saturated carbocycles. The highest BCUT2D eigenvalue weighted by Crippen LogP contribution is 2.38. The normalized spacial score (nSPS) is 14.3. The van der Waals surface area contributed by atoms with Crippen molar-refractivity contribution in [2.24, 2.45) is 0 Å². The fourth-order valence-electron chi connectivity index (χ4n) is 3.00. The number of anilines is 1. The van der Waals surface area contributed by atoms with Gasteiger partial charge in [-0.2, -0.15) is 0 Å². The molecule has 1 aliphatic rings. The zero-order chi connectivity index (χ0) is 18.7. The number of rotatable bonds is 5. The lowest BCUT2D eigenvalue weighted by atomic mass is 9.95. The first-order valence-corrected chi connectivity index (χ1v) is 9.41. The molecule has 0 fully saturated rings. The van der Waals surface area contributed by atoms with Crippen molar-refractivity contribution < 1.29 is 18.7 Å². The summed E-state index contributed by atoms with van der Waals surface area (Å²) in [5, 5.41) is 6.05. The number of hydrogen-bond donors (Lipinski definition) is 2. The molecular formula is C19H21FN2O3S. The highest BCUT2D eigenvalue weighted by atomic mass is 32.1. The molecule has 138 valence electrons. The Kier molecular flexibility index (Phi) is 5.56. The second kappa shape index (κ2) is 7.86. The van der Waals surface area contributed by atoms with E-state index in [4.69, 9.17) is 4.74 Å². The number of thiophene rings is 1. The molecule has 1 aromatic heterocycles. The molecule has 26 heavy (non-hydrogen) atoms. The van der Waals surface area contributed by atoms with E-state index < -0.39 is 6.10 Å². The van der Waals surface area contributed by atoms with Crippen LogP contribution >= 0.6 is 11.3 Å². The SMILES string of the molecule is CNC(=O)c1c(NC(=O)C(C)Oc2ccc(F)cc2)sc2c1CCCC2. The highest BCUT2D eigenvalue weighted by Gasteiger charge is 2.27. The van der Waals surface area contributed by atoms with E-state index in [0.717, 1.165) is 36.1 Å². The van der Waals surface area contributed by atoms with E-state index in [1.54, 1.807) is 14.0 Å². The maximum atomic E-state index is 13.0. The third kappa shape index (κ3) is 3.88. The fourth-order valence-corrected chi connectivity index (χ4v) is 4.29. The summed E-state index contributed by atoms with van der Waals surface area (Å²) in [4.78, 5) is 26.0. The zero-order valence-electron chi connectivity index (χ0n) is 14.7. The van der Waals surface area contributed by atoms with Crippen molar-refractivity contribution in [3.8, 4) is 5.75 Å². The van der Waals surface area contributed by atoms with Crippen LogP contribution in [-0.2, 0) is 17.6 Å². The summed E-state index contributed by atoms with van der Waals surface area (Å²) in [5.74, 6) is -0.496. The molecule has 2 aromatic rings. The summed E-state index contributed by atoms with van der Waals surface area (Å²) in [6.45, 7) is 1.62. The molecule has 3 rings (SSSR count). The van der Waals surface area contributed by atoms with E-state index >= 15 is 0 Å². The molecule has 1 unspecified atom stereocenters. The summed E-state index contributed by atoms with van der Waals surface area (Å²) in [7, 11) is 1.58. The van der Waals surface area contributed by atoms with Gasteiger partial charge in [-0.3, -0.25) is 9.59 Å². The molecule has 7 heteroatoms. The van der Waals surface area contributed by atoms with Crippen LogP contribution in [0.5, 0.6) is 5.75 Å². The van der Waals surface area contributed by atoms with Crippen LogP contribution in [0.4, 0.5) is 9.39 Å². The van der Waals surface area contributed by atoms with Crippen LogP contribution in [-0.4, -0.2) is 25.0 Å². The number of nitrogens with one attached hydrogen (secondary N) is 2. The van der Waals surface area contributed by atoms with Crippen molar-refractivity contribution in [2.75, 3.05) is 12.4 Å². The predicted molar refractivity (Wildman–Crippen MR) is 99.5 cm³/mol. The van der Waals surface area contributed by atoms with Gasteiger partial charge in [0.2, 0.25) is 0 Å². The maximum Gasteiger partial charge on any atom is 0.265 e. The molecule has 1 aromatic carbocycles. The molecule has 0 aliphatic heterocycles. The first-order chi connectivity index (χ1) is 12.5. The number of aryl methyl sites for hydroxylation is 1. The molecule has 0 saturated heterocycles. The van der Waals surface area contributed by atoms with Gasteiger partial charge in [0.25, 0.3) is 11.8 Å². The Hall–Kier alpha value is -2.41. The Bertz CT molecular complexity index is 817. The van der Waals surface area contributed by atoms with Gasteiger partial charge >= 0.3 is 0 Å². The van der Waals surface area contributed by atoms with Crippen LogP contribution in [0.25, 0.3) is 0 Å². The van der Waals surface area contributed by atoms with Gasteiger partial charge in [-0.1, -0.05) is 0 Å². The number of benzene rings is 1. The van der Waals surface area contributed by atoms with Crippen LogP contribution in [0.1, 0.15) is 40.6 Å². The average Bonchev–Trinajstić information content (AvgIpc) is 3.00. The summed E-state index contributed by atoms with van der Waals surface area (Å²) in [6.07, 6.45) is 3.15. The van der Waals surface area contributed by atoms with Gasteiger partial charge in [-0.05, 0) is 62.4 Å². The third-order valence-corrected chi connectivity index (χ3v) is 5.57. The van der Waals surface area contributed by atoms with Crippen molar-refractivity contribution in [2.45, 2.75) is 38.7 Å². The van der Waals surface area contributed by atoms with Gasteiger partial charge in [-0.15, -0.1) is 11.3 Å². The molecule has 0 radical (unpaired) electrons. The van der Waals surface area contributed by atoms with Crippen LogP contribution < -0.4 is 15.4 Å². The summed E-state index contributed by atoms with van der Waals surface area (Å²) >= 11 is 1.46. The van der Waals surface area contributed by atoms with E-state index in [0.29, 0.717) is 16.3 Å². The van der Waals surface area contributed by atoms with Gasteiger partial charge < -0.3 is 15.4 Å². The highest BCUT2D eigenvalue weighted by molar-refractivity contribution is 7.17. The summed E-state index contributed by atoms with van der Waals surface area (Å²) in [6, 6.07) is 5.49. The second-order valence-corrected chi connectivity index (χ2v) is 7.30. The lowest BCUT2D eigenvalue weighted by Gasteiger charge is -2.15. The van der Waals surface area contributed by atoms with Crippen molar-refractivity contribution in [3.05, 3.63) is 46.1 Å². The number of amides is 2. The van der Waals surface area contributed by atoms with E-state index in [1.807, 2.05) is 0 Å². The molecule has 2 N–H and O–H groups in total. The van der Waals surface area contributed by atoms with Crippen molar-refractivity contribution >= 4 is 28.2 Å². The van der Waals surface area contributed by atoms with E-state index in [1.165, 1.54) is 35.6 Å². The lowest BCUT2D eigenvalue weighted by Crippen LogP contribution is -2.31. The predicted octanol–water partition coefficient (Wildman–Crippen LogP) is 3.53. The maximum absolute atomic E-state index is 13.0. The van der Waals surface area contributed by atoms with E-state index in [-0.39, 0.29) is 17.6 Å². The Morgan fingerprint density at radius 1 is 1.19 bits per heavy atom. The van der Waals surface area contributed by atoms with Gasteiger partial charge in [0.05, 0.1) is 5.56 Å². The largest absolute Gasteiger partial charge is 0.481 e. The Balaban J connectivity index is 1.77. The number of fused-ring (bicyclic) bond motifs is 1. The molecule has 0 spiro atoms. The van der Waals surface area contributed by atoms with Crippen molar-refractivity contribution in [1.29, 1.82) is 0 Å². The molecule has 1 heterocycles. The van der Waals surface area contributed by atoms with Crippen LogP contribution in [0.3, 0.4) is 0 Å². The average molecular weight is 376 g/mol. The number of halogens is 1. The molecule has 2 amide bonds. The number of ether oxygens (including phenoxy) is 1. The Morgan fingerprint density at radius 3 is 2.58 bits per heavy atom. The van der Waals surface area contributed by atoms with Crippen LogP contribution in [0.2, 0.25) is 0 Å². The van der Waals surface area contributed by atoms with Gasteiger partial charge in [0, 0.05) is 11.9 Å². The van der Waals surface area contributed by atoms with E-state index in [2.05, 4.69) is 10.6 Å². The van der Waals surface area contributed by atoms with Gasteiger partial charge in [-0.25, -0.2) is 4.39 Å². The van der Waals surface area contributed by atoms with Crippen molar-refractivity contribution in [3.63, 3.8) is 0 Å². The summed E-state index contributed by atoms with van der Waals surface area (Å²) < 4.78 is 18.5. The quantitative estimate of drug-likeness (QED) is 0.839. The zero-order valence-corrected chi connectivity index (χ0v) is 15.5. The lowest BCUT2D eigenvalue weighted by molar-refractivity contribution is -0.122. The van der Waals surface area contributed by atoms with Crippen LogP contribution in [0, 0.1) is 5.82 Å². The molecule has 1 atom stereocenters. The minimum absolute atomic E-state index is 0.188. The van der Waals surface area contributed by atoms with Gasteiger partial charge in [0.15, 0.2) is 6.10 Å². The first-order valence-electron chi connectivity index (χ1n) is 8.59. The van der Waals surface area contributed by atoms with E-state index in [9.17, 15) is 14.0 Å². The minimum Gasteiger partial charge on any atom is -0.481 e. The first kappa shape index (κ1) is 18.4. The molecule has 0 bridgehead atoms. The van der Waals surface area contributed by atoms with Crippen molar-refractivity contribution in [1.82, 2.24) is 5.32 Å². The standard InChI is InChI=1S/C19H21FN2O3S/c1-11(25-13-9-7-12(20)8-10-13)17(23)22-19-16(18(24)21-2)14-5-3-4-6-15(14)26-19/h7-11H,3-6H2,1-2H3,(H,21,24)(H,22,23). The third-order valence-electron chi connectivity index (χ3n) is 4.36. The molecule has 1 aliphatic carbocycles. The molecule has 5 nitrogen and oxygen atoms in total. The number of hydrogen-bond acceptors (Lipinski definition) is 4. The molecular weight excluding hydrogens is 355 g/mol.